The lowest BCUT2D eigenvalue weighted by Crippen LogP contribution is -2.37. The summed E-state index contributed by atoms with van der Waals surface area (Å²) in [6, 6.07) is 0. The van der Waals surface area contributed by atoms with Crippen molar-refractivity contribution in [2.24, 2.45) is 0 Å². The average Bonchev–Trinajstić information content (AvgIpc) is 2.89. The second-order valence-corrected chi connectivity index (χ2v) is 6.98. The van der Waals surface area contributed by atoms with Crippen LogP contribution in [0, 0.1) is 0 Å². The summed E-state index contributed by atoms with van der Waals surface area (Å²) >= 11 is 0. The van der Waals surface area contributed by atoms with E-state index in [-0.39, 0.29) is 24.2 Å². The van der Waals surface area contributed by atoms with Crippen LogP contribution in [0.3, 0.4) is 0 Å². The van der Waals surface area contributed by atoms with Crippen molar-refractivity contribution in [3.8, 4) is 0 Å². The third kappa shape index (κ3) is 3.57. The maximum Gasteiger partial charge on any atom is 0.246 e. The molecule has 0 radical (unpaired) electrons. The summed E-state index contributed by atoms with van der Waals surface area (Å²) < 4.78 is 33.0. The van der Waals surface area contributed by atoms with Gasteiger partial charge in [-0.15, -0.1) is 0 Å². The summed E-state index contributed by atoms with van der Waals surface area (Å²) in [6.07, 6.45) is 5.72. The van der Waals surface area contributed by atoms with Crippen LogP contribution in [-0.2, 0) is 21.3 Å². The Balaban J connectivity index is 2.03. The standard InChI is InChI=1S/C12H21N3O4S/c1-14(9-11-4-2-3-7-19-11)20(17,18)12-8-13-15(10-12)5-6-16/h8,10-11,16H,2-7,9H2,1H3. The van der Waals surface area contributed by atoms with Crippen LogP contribution >= 0.6 is 0 Å². The smallest absolute Gasteiger partial charge is 0.246 e. The van der Waals surface area contributed by atoms with Crippen molar-refractivity contribution < 1.29 is 18.3 Å². The van der Waals surface area contributed by atoms with Gasteiger partial charge in [0.15, 0.2) is 0 Å². The van der Waals surface area contributed by atoms with Crippen LogP contribution in [0.1, 0.15) is 19.3 Å². The number of hydrogen-bond donors (Lipinski definition) is 1. The van der Waals surface area contributed by atoms with Gasteiger partial charge in [-0.3, -0.25) is 4.68 Å². The van der Waals surface area contributed by atoms with Crippen molar-refractivity contribution in [1.82, 2.24) is 14.1 Å². The van der Waals surface area contributed by atoms with E-state index in [4.69, 9.17) is 9.84 Å². The first-order valence-corrected chi connectivity index (χ1v) is 8.19. The van der Waals surface area contributed by atoms with Gasteiger partial charge in [-0.1, -0.05) is 0 Å². The number of aliphatic hydroxyl groups is 1. The summed E-state index contributed by atoms with van der Waals surface area (Å²) in [6.45, 7) is 1.26. The number of aliphatic hydroxyl groups excluding tert-OH is 1. The van der Waals surface area contributed by atoms with Crippen molar-refractivity contribution in [3.05, 3.63) is 12.4 Å². The molecule has 1 aliphatic rings. The zero-order chi connectivity index (χ0) is 14.6. The Morgan fingerprint density at radius 2 is 2.35 bits per heavy atom. The molecule has 2 rings (SSSR count). The summed E-state index contributed by atoms with van der Waals surface area (Å²) in [5.41, 5.74) is 0. The van der Waals surface area contributed by atoms with Gasteiger partial charge in [0.1, 0.15) is 4.90 Å². The van der Waals surface area contributed by atoms with Gasteiger partial charge in [-0.25, -0.2) is 8.42 Å². The first kappa shape index (κ1) is 15.4. The highest BCUT2D eigenvalue weighted by atomic mass is 32.2. The molecule has 1 fully saturated rings. The van der Waals surface area contributed by atoms with Gasteiger partial charge in [0, 0.05) is 26.4 Å². The minimum Gasteiger partial charge on any atom is -0.394 e. The number of hydrogen-bond acceptors (Lipinski definition) is 5. The van der Waals surface area contributed by atoms with E-state index in [1.54, 1.807) is 7.05 Å². The molecule has 0 aromatic carbocycles. The average molecular weight is 303 g/mol. The molecule has 0 spiro atoms. The van der Waals surface area contributed by atoms with Crippen LogP contribution in [0.4, 0.5) is 0 Å². The zero-order valence-electron chi connectivity index (χ0n) is 11.6. The fraction of sp³-hybridized carbons (Fsp3) is 0.750. The van der Waals surface area contributed by atoms with Crippen LogP contribution in [0.5, 0.6) is 0 Å². The fourth-order valence-corrected chi connectivity index (χ4v) is 3.38. The molecule has 1 N–H and O–H groups in total. The van der Waals surface area contributed by atoms with Gasteiger partial charge >= 0.3 is 0 Å². The van der Waals surface area contributed by atoms with E-state index in [0.717, 1.165) is 19.3 Å². The fourth-order valence-electron chi connectivity index (χ4n) is 2.22. The summed E-state index contributed by atoms with van der Waals surface area (Å²) in [4.78, 5) is 0.143. The summed E-state index contributed by atoms with van der Waals surface area (Å²) in [7, 11) is -2.00. The molecule has 8 heteroatoms. The Bertz CT molecular complexity index is 523. The first-order chi connectivity index (χ1) is 9.54. The molecule has 0 saturated carbocycles. The van der Waals surface area contributed by atoms with Crippen LogP contribution in [0.25, 0.3) is 0 Å². The van der Waals surface area contributed by atoms with E-state index in [9.17, 15) is 8.42 Å². The molecule has 1 saturated heterocycles. The number of rotatable bonds is 6. The lowest BCUT2D eigenvalue weighted by Gasteiger charge is -2.26. The van der Waals surface area contributed by atoms with E-state index in [1.807, 2.05) is 0 Å². The molecular weight excluding hydrogens is 282 g/mol. The number of aromatic nitrogens is 2. The molecule has 114 valence electrons. The van der Waals surface area contributed by atoms with E-state index in [2.05, 4.69) is 5.10 Å². The quantitative estimate of drug-likeness (QED) is 0.803. The van der Waals surface area contributed by atoms with E-state index in [1.165, 1.54) is 21.4 Å². The third-order valence-corrected chi connectivity index (χ3v) is 5.16. The SMILES string of the molecule is CN(CC1CCCCO1)S(=O)(=O)c1cnn(CCO)c1. The van der Waals surface area contributed by atoms with Crippen molar-refractivity contribution in [2.45, 2.75) is 36.8 Å². The molecular formula is C12H21N3O4S. The van der Waals surface area contributed by atoms with Crippen LogP contribution in [0.15, 0.2) is 17.3 Å². The van der Waals surface area contributed by atoms with Gasteiger partial charge in [-0.2, -0.15) is 9.40 Å². The molecule has 7 nitrogen and oxygen atoms in total. The Hall–Kier alpha value is -0.960. The van der Waals surface area contributed by atoms with Gasteiger partial charge in [0.05, 0.1) is 25.5 Å². The van der Waals surface area contributed by atoms with Crippen molar-refractivity contribution in [1.29, 1.82) is 0 Å². The van der Waals surface area contributed by atoms with Crippen LogP contribution in [0.2, 0.25) is 0 Å². The lowest BCUT2D eigenvalue weighted by atomic mass is 10.1. The minimum absolute atomic E-state index is 0.0315. The number of likely N-dealkylation sites (N-methyl/N-ethyl adjacent to an activating group) is 1. The first-order valence-electron chi connectivity index (χ1n) is 6.75. The molecule has 1 aromatic heterocycles. The second-order valence-electron chi connectivity index (χ2n) is 4.94. The van der Waals surface area contributed by atoms with Crippen molar-refractivity contribution >= 4 is 10.0 Å². The molecule has 0 amide bonds. The van der Waals surface area contributed by atoms with Gasteiger partial charge in [-0.05, 0) is 19.3 Å². The summed E-state index contributed by atoms with van der Waals surface area (Å²) in [5, 5.41) is 12.7. The van der Waals surface area contributed by atoms with Gasteiger partial charge in [0.25, 0.3) is 0 Å². The normalized spacial score (nSPS) is 20.4. The molecule has 1 aromatic rings. The molecule has 20 heavy (non-hydrogen) atoms. The highest BCUT2D eigenvalue weighted by Gasteiger charge is 2.26. The van der Waals surface area contributed by atoms with Crippen LogP contribution in [-0.4, -0.2) is 60.5 Å². The third-order valence-electron chi connectivity index (χ3n) is 3.38. The van der Waals surface area contributed by atoms with Crippen molar-refractivity contribution in [2.75, 3.05) is 26.8 Å². The Morgan fingerprint density at radius 1 is 1.55 bits per heavy atom. The lowest BCUT2D eigenvalue weighted by molar-refractivity contribution is 0.00858. The minimum atomic E-state index is -3.55. The largest absolute Gasteiger partial charge is 0.394 e. The zero-order valence-corrected chi connectivity index (χ0v) is 12.4. The Kier molecular flexibility index (Phi) is 5.14. The van der Waals surface area contributed by atoms with E-state index < -0.39 is 10.0 Å². The molecule has 2 heterocycles. The molecule has 0 aliphatic carbocycles. The maximum absolute atomic E-state index is 12.4. The molecule has 1 aliphatic heterocycles. The predicted octanol–water partition coefficient (Wildman–Crippen LogP) is 0.0650. The Morgan fingerprint density at radius 3 is 3.00 bits per heavy atom. The van der Waals surface area contributed by atoms with Gasteiger partial charge < -0.3 is 9.84 Å². The van der Waals surface area contributed by atoms with Crippen molar-refractivity contribution in [3.63, 3.8) is 0 Å². The highest BCUT2D eigenvalue weighted by Crippen LogP contribution is 2.18. The molecule has 0 bridgehead atoms. The van der Waals surface area contributed by atoms with Gasteiger partial charge in [0.2, 0.25) is 10.0 Å². The number of ether oxygens (including phenoxy) is 1. The molecule has 1 atom stereocenters. The second kappa shape index (κ2) is 6.66. The number of nitrogens with zero attached hydrogens (tertiary/aromatic N) is 3. The topological polar surface area (TPSA) is 84.7 Å². The molecule has 1 unspecified atom stereocenters. The Labute approximate surface area is 119 Å². The number of sulfonamides is 1. The maximum atomic E-state index is 12.4. The summed E-state index contributed by atoms with van der Waals surface area (Å²) in [5.74, 6) is 0. The van der Waals surface area contributed by atoms with Crippen LogP contribution < -0.4 is 0 Å². The highest BCUT2D eigenvalue weighted by molar-refractivity contribution is 7.89. The monoisotopic (exact) mass is 303 g/mol. The predicted molar refractivity (Wildman–Crippen MR) is 72.7 cm³/mol. The van der Waals surface area contributed by atoms with E-state index >= 15 is 0 Å². The van der Waals surface area contributed by atoms with E-state index in [0.29, 0.717) is 13.2 Å².